The van der Waals surface area contributed by atoms with Crippen LogP contribution in [0.5, 0.6) is 0 Å². The second-order valence-corrected chi connectivity index (χ2v) is 13.4. The number of ether oxygens (including phenoxy) is 2. The van der Waals surface area contributed by atoms with E-state index in [0.717, 1.165) is 16.9 Å². The van der Waals surface area contributed by atoms with E-state index in [1.807, 2.05) is 24.3 Å². The van der Waals surface area contributed by atoms with Crippen LogP contribution in [0.4, 0.5) is 13.2 Å². The van der Waals surface area contributed by atoms with Crippen molar-refractivity contribution in [2.24, 2.45) is 5.41 Å². The van der Waals surface area contributed by atoms with E-state index in [0.29, 0.717) is 75.4 Å². The predicted molar refractivity (Wildman–Crippen MR) is 144 cm³/mol. The van der Waals surface area contributed by atoms with Gasteiger partial charge in [0, 0.05) is 60.2 Å². The van der Waals surface area contributed by atoms with Crippen LogP contribution in [0.25, 0.3) is 0 Å². The van der Waals surface area contributed by atoms with Crippen molar-refractivity contribution in [1.82, 2.24) is 14.8 Å². The summed E-state index contributed by atoms with van der Waals surface area (Å²) in [7, 11) is 0. The van der Waals surface area contributed by atoms with Crippen LogP contribution in [0.3, 0.4) is 0 Å². The van der Waals surface area contributed by atoms with Gasteiger partial charge in [0.15, 0.2) is 0 Å². The molecular weight excluding hydrogens is 561 g/mol. The van der Waals surface area contributed by atoms with Crippen molar-refractivity contribution in [2.75, 3.05) is 37.9 Å². The van der Waals surface area contributed by atoms with Crippen LogP contribution in [-0.4, -0.2) is 75.6 Å². The quantitative estimate of drug-likeness (QED) is 0.370. The van der Waals surface area contributed by atoms with Crippen LogP contribution in [0.1, 0.15) is 72.4 Å². The average molecular weight is 599 g/mol. The van der Waals surface area contributed by atoms with Crippen molar-refractivity contribution < 1.29 is 37.7 Å². The SMILES string of the molecule is C[C@H]1C[C@@](C)(c2sc(C(F)(F)F)c(CO)c2CCO)CCN1Cc1cnn(N2CC23CC2(CCOCC2)C(=O)O3)c1. The van der Waals surface area contributed by atoms with Crippen LogP contribution < -0.4 is 5.01 Å². The number of piperidine rings is 1. The summed E-state index contributed by atoms with van der Waals surface area (Å²) in [5, 5.41) is 25.9. The molecule has 4 aliphatic rings. The third kappa shape index (κ3) is 4.97. The van der Waals surface area contributed by atoms with E-state index in [2.05, 4.69) is 16.9 Å². The monoisotopic (exact) mass is 598 g/mol. The third-order valence-electron chi connectivity index (χ3n) is 9.56. The highest BCUT2D eigenvalue weighted by atomic mass is 32.1. The lowest BCUT2D eigenvalue weighted by atomic mass is 9.74. The van der Waals surface area contributed by atoms with Crippen LogP contribution in [0.15, 0.2) is 12.4 Å². The number of esters is 1. The average Bonchev–Trinajstić information content (AvgIpc) is 3.21. The first-order valence-electron chi connectivity index (χ1n) is 14.2. The first-order valence-corrected chi connectivity index (χ1v) is 15.1. The van der Waals surface area contributed by atoms with Gasteiger partial charge >= 0.3 is 12.1 Å². The van der Waals surface area contributed by atoms with Crippen LogP contribution in [0, 0.1) is 5.41 Å². The van der Waals surface area contributed by atoms with Crippen molar-refractivity contribution in [1.29, 1.82) is 0 Å². The minimum Gasteiger partial charge on any atom is -0.435 e. The maximum Gasteiger partial charge on any atom is 0.425 e. The van der Waals surface area contributed by atoms with Crippen molar-refractivity contribution in [3.8, 4) is 0 Å². The van der Waals surface area contributed by atoms with Crippen molar-refractivity contribution >= 4 is 17.3 Å². The van der Waals surface area contributed by atoms with Gasteiger partial charge in [0.1, 0.15) is 11.4 Å². The Hall–Kier alpha value is -2.19. The highest BCUT2D eigenvalue weighted by Gasteiger charge is 2.68. The topological polar surface area (TPSA) is 100 Å². The second-order valence-electron chi connectivity index (χ2n) is 12.4. The molecule has 0 radical (unpaired) electrons. The normalized spacial score (nSPS) is 30.0. The van der Waals surface area contributed by atoms with Gasteiger partial charge in [-0.3, -0.25) is 9.69 Å². The summed E-state index contributed by atoms with van der Waals surface area (Å²) < 4.78 is 52.8. The second kappa shape index (κ2) is 10.2. The van der Waals surface area contributed by atoms with Crippen molar-refractivity contribution in [2.45, 2.75) is 88.9 Å². The Morgan fingerprint density at radius 2 is 1.95 bits per heavy atom. The number of hydrogen-bond donors (Lipinski definition) is 2. The zero-order valence-corrected chi connectivity index (χ0v) is 24.2. The van der Waals surface area contributed by atoms with Crippen molar-refractivity contribution in [3.63, 3.8) is 0 Å². The largest absolute Gasteiger partial charge is 0.435 e. The maximum atomic E-state index is 13.8. The Kier molecular flexibility index (Phi) is 7.20. The first-order chi connectivity index (χ1) is 19.4. The number of likely N-dealkylation sites (tertiary alicyclic amines) is 1. The number of aliphatic hydroxyl groups is 2. The molecule has 0 saturated carbocycles. The smallest absolute Gasteiger partial charge is 0.425 e. The molecule has 4 aliphatic heterocycles. The third-order valence-corrected chi connectivity index (χ3v) is 11.2. The zero-order valence-electron chi connectivity index (χ0n) is 23.4. The molecule has 0 aromatic carbocycles. The lowest BCUT2D eigenvalue weighted by Crippen LogP contribution is -2.46. The van der Waals surface area contributed by atoms with Gasteiger partial charge in [-0.1, -0.05) is 6.92 Å². The number of carbonyl (C=O) groups is 1. The molecule has 6 rings (SSSR count). The molecule has 2 spiro atoms. The molecule has 2 N–H and O–H groups in total. The molecule has 4 saturated heterocycles. The Morgan fingerprint density at radius 3 is 2.61 bits per heavy atom. The molecule has 2 aromatic heterocycles. The van der Waals surface area contributed by atoms with Crippen LogP contribution >= 0.6 is 11.3 Å². The summed E-state index contributed by atoms with van der Waals surface area (Å²) in [6.45, 7) is 6.20. The van der Waals surface area contributed by atoms with Gasteiger partial charge in [0.05, 0.1) is 24.4 Å². The minimum absolute atomic E-state index is 0.0878. The lowest BCUT2D eigenvalue weighted by molar-refractivity contribution is -0.153. The summed E-state index contributed by atoms with van der Waals surface area (Å²) in [4.78, 5) is 16.7. The van der Waals surface area contributed by atoms with E-state index in [9.17, 15) is 28.2 Å². The molecular formula is C28H37F3N4O5S. The minimum atomic E-state index is -4.55. The molecule has 6 heterocycles. The number of nitrogens with zero attached hydrogens (tertiary/aromatic N) is 4. The first kappa shape index (κ1) is 28.9. The molecule has 0 amide bonds. The summed E-state index contributed by atoms with van der Waals surface area (Å²) in [5.74, 6) is -0.137. The number of aromatic nitrogens is 2. The van der Waals surface area contributed by atoms with Gasteiger partial charge in [0.2, 0.25) is 5.72 Å². The molecule has 0 aliphatic carbocycles. The molecule has 1 unspecified atom stereocenters. The summed E-state index contributed by atoms with van der Waals surface area (Å²) >= 11 is 0.725. The molecule has 13 heteroatoms. The number of carbonyl (C=O) groups excluding carboxylic acids is 1. The van der Waals surface area contributed by atoms with E-state index in [1.165, 1.54) is 0 Å². The van der Waals surface area contributed by atoms with Crippen LogP contribution in [-0.2, 0) is 45.4 Å². The zero-order chi connectivity index (χ0) is 29.2. The Balaban J connectivity index is 1.13. The summed E-state index contributed by atoms with van der Waals surface area (Å²) in [5.41, 5.74) is -0.240. The molecule has 226 valence electrons. The number of hydrogen-bond acceptors (Lipinski definition) is 9. The number of rotatable bonds is 7. The van der Waals surface area contributed by atoms with E-state index in [-0.39, 0.29) is 30.6 Å². The van der Waals surface area contributed by atoms with Crippen molar-refractivity contribution in [3.05, 3.63) is 38.8 Å². The van der Waals surface area contributed by atoms with Gasteiger partial charge in [-0.25, -0.2) is 5.01 Å². The molecule has 9 nitrogen and oxygen atoms in total. The highest BCUT2D eigenvalue weighted by Crippen LogP contribution is 2.54. The van der Waals surface area contributed by atoms with Gasteiger partial charge in [0.25, 0.3) is 0 Å². The number of alkyl halides is 3. The van der Waals surface area contributed by atoms with E-state index < -0.39 is 34.2 Å². The number of halogens is 3. The fourth-order valence-electron chi connectivity index (χ4n) is 7.24. The summed E-state index contributed by atoms with van der Waals surface area (Å²) in [6.07, 6.45) is 2.64. The van der Waals surface area contributed by atoms with Gasteiger partial charge in [-0.15, -0.1) is 11.3 Å². The maximum absolute atomic E-state index is 13.8. The summed E-state index contributed by atoms with van der Waals surface area (Å²) in [6, 6.07) is 0.0878. The molecule has 3 atom stereocenters. The van der Waals surface area contributed by atoms with E-state index in [4.69, 9.17) is 9.47 Å². The standard InChI is InChI=1S/C28H37F3N4O5S/c1-18-11-25(2,22-20(3-8-36)21(15-37)23(41-22)28(29,30)31)4-7-33(18)13-19-12-32-35(14-19)34-17-27(34)16-26(24(38)40-27)5-9-39-10-6-26/h12,14,18,36-37H,3-11,13,15-17H2,1-2H3/t18-,25-,27?,34?/m0/s1. The van der Waals surface area contributed by atoms with Gasteiger partial charge in [-0.2, -0.15) is 23.1 Å². The highest BCUT2D eigenvalue weighted by molar-refractivity contribution is 7.12. The Morgan fingerprint density at radius 1 is 1.20 bits per heavy atom. The van der Waals surface area contributed by atoms with Gasteiger partial charge in [-0.05, 0) is 51.1 Å². The van der Waals surface area contributed by atoms with E-state index in [1.54, 1.807) is 4.79 Å². The number of aliphatic hydroxyl groups excluding tert-OH is 2. The molecule has 2 aromatic rings. The molecule has 0 bridgehead atoms. The molecule has 41 heavy (non-hydrogen) atoms. The fourth-order valence-corrected chi connectivity index (χ4v) is 8.65. The Bertz CT molecular complexity index is 1310. The molecule has 4 fully saturated rings. The predicted octanol–water partition coefficient (Wildman–Crippen LogP) is 3.32. The number of thiophene rings is 1. The fraction of sp³-hybridized carbons (Fsp3) is 0.714. The van der Waals surface area contributed by atoms with Gasteiger partial charge < -0.3 is 19.7 Å². The van der Waals surface area contributed by atoms with Crippen LogP contribution in [0.2, 0.25) is 0 Å². The lowest BCUT2D eigenvalue weighted by Gasteiger charge is -2.44. The van der Waals surface area contributed by atoms with E-state index >= 15 is 0 Å². The Labute approximate surface area is 240 Å².